The van der Waals surface area contributed by atoms with Gasteiger partial charge < -0.3 is 10.0 Å². The molecule has 0 atom stereocenters. The zero-order valence-electron chi connectivity index (χ0n) is 10.7. The summed E-state index contributed by atoms with van der Waals surface area (Å²) in [5.41, 5.74) is 0.0205. The van der Waals surface area contributed by atoms with Crippen molar-refractivity contribution in [2.75, 3.05) is 30.9 Å². The van der Waals surface area contributed by atoms with Crippen molar-refractivity contribution in [2.24, 2.45) is 0 Å². The summed E-state index contributed by atoms with van der Waals surface area (Å²) >= 11 is 0. The molecule has 0 aliphatic rings. The number of sulfone groups is 1. The van der Waals surface area contributed by atoms with E-state index < -0.39 is 14.8 Å². The summed E-state index contributed by atoms with van der Waals surface area (Å²) in [6.45, 7) is 2.37. The first kappa shape index (κ1) is 15.4. The molecule has 0 aromatic heterocycles. The Hall–Kier alpha value is -1.67. The molecule has 106 valence electrons. The second-order valence-corrected chi connectivity index (χ2v) is 6.00. The summed E-state index contributed by atoms with van der Waals surface area (Å²) in [6.07, 6.45) is 0.997. The molecule has 0 fully saturated rings. The van der Waals surface area contributed by atoms with Crippen LogP contribution in [0, 0.1) is 10.1 Å². The van der Waals surface area contributed by atoms with Crippen LogP contribution in [0.5, 0.6) is 0 Å². The number of anilines is 1. The Morgan fingerprint density at radius 3 is 2.47 bits per heavy atom. The van der Waals surface area contributed by atoms with Gasteiger partial charge in [-0.05, 0) is 19.1 Å². The van der Waals surface area contributed by atoms with Crippen molar-refractivity contribution < 1.29 is 18.4 Å². The maximum atomic E-state index is 11.4. The summed E-state index contributed by atoms with van der Waals surface area (Å²) in [7, 11) is -3.49. The van der Waals surface area contributed by atoms with E-state index in [1.54, 1.807) is 11.8 Å². The molecule has 0 aliphatic heterocycles. The van der Waals surface area contributed by atoms with Gasteiger partial charge in [-0.25, -0.2) is 8.42 Å². The van der Waals surface area contributed by atoms with Gasteiger partial charge in [0.1, 0.15) is 5.69 Å². The molecular weight excluding hydrogens is 272 g/mol. The number of nitrogens with zero attached hydrogens (tertiary/aromatic N) is 2. The summed E-state index contributed by atoms with van der Waals surface area (Å²) in [4.78, 5) is 11.9. The lowest BCUT2D eigenvalue weighted by Gasteiger charge is -2.21. The number of aliphatic hydroxyl groups is 1. The summed E-state index contributed by atoms with van der Waals surface area (Å²) in [5.74, 6) is 0. The van der Waals surface area contributed by atoms with E-state index in [-0.39, 0.29) is 23.7 Å². The van der Waals surface area contributed by atoms with Gasteiger partial charge in [0, 0.05) is 25.4 Å². The molecule has 0 bridgehead atoms. The number of nitro groups is 1. The number of benzene rings is 1. The van der Waals surface area contributed by atoms with Crippen LogP contribution < -0.4 is 4.90 Å². The molecule has 0 heterocycles. The Balaban J connectivity index is 3.37. The van der Waals surface area contributed by atoms with Gasteiger partial charge in [-0.15, -0.1) is 0 Å². The SMILES string of the molecule is CCN(CCO)c1ccc(S(C)(=O)=O)cc1[N+](=O)[O-]. The molecule has 1 aromatic carbocycles. The Morgan fingerprint density at radius 1 is 1.42 bits per heavy atom. The molecule has 1 N–H and O–H groups in total. The first-order valence-corrected chi connectivity index (χ1v) is 7.54. The van der Waals surface area contributed by atoms with Crippen LogP contribution in [0.4, 0.5) is 11.4 Å². The van der Waals surface area contributed by atoms with Gasteiger partial charge in [0.05, 0.1) is 16.4 Å². The van der Waals surface area contributed by atoms with Crippen LogP contribution >= 0.6 is 0 Å². The summed E-state index contributed by atoms with van der Waals surface area (Å²) in [5, 5.41) is 20.0. The van der Waals surface area contributed by atoms with Crippen LogP contribution in [0.3, 0.4) is 0 Å². The molecule has 1 rings (SSSR count). The number of likely N-dealkylation sites (N-methyl/N-ethyl adjacent to an activating group) is 1. The minimum Gasteiger partial charge on any atom is -0.395 e. The van der Waals surface area contributed by atoms with Crippen molar-refractivity contribution in [3.05, 3.63) is 28.3 Å². The maximum Gasteiger partial charge on any atom is 0.293 e. The normalized spacial score (nSPS) is 11.3. The van der Waals surface area contributed by atoms with Crippen molar-refractivity contribution in [1.29, 1.82) is 0 Å². The van der Waals surface area contributed by atoms with Gasteiger partial charge in [-0.2, -0.15) is 0 Å². The summed E-state index contributed by atoms with van der Waals surface area (Å²) < 4.78 is 22.8. The third kappa shape index (κ3) is 3.65. The van der Waals surface area contributed by atoms with E-state index in [2.05, 4.69) is 0 Å². The van der Waals surface area contributed by atoms with Crippen molar-refractivity contribution in [2.45, 2.75) is 11.8 Å². The fourth-order valence-corrected chi connectivity index (χ4v) is 2.36. The minimum absolute atomic E-state index is 0.0944. The molecule has 0 saturated carbocycles. The van der Waals surface area contributed by atoms with Crippen LogP contribution in [-0.4, -0.2) is 44.4 Å². The molecule has 8 heteroatoms. The lowest BCUT2D eigenvalue weighted by Crippen LogP contribution is -2.27. The molecule has 0 spiro atoms. The Morgan fingerprint density at radius 2 is 2.05 bits per heavy atom. The molecule has 0 saturated heterocycles. The van der Waals surface area contributed by atoms with E-state index in [1.807, 2.05) is 0 Å². The van der Waals surface area contributed by atoms with E-state index in [1.165, 1.54) is 12.1 Å². The second kappa shape index (κ2) is 5.98. The van der Waals surface area contributed by atoms with Crippen LogP contribution in [0.2, 0.25) is 0 Å². The summed E-state index contributed by atoms with van der Waals surface area (Å²) in [6, 6.07) is 3.77. The van der Waals surface area contributed by atoms with Gasteiger partial charge in [0.25, 0.3) is 5.69 Å². The van der Waals surface area contributed by atoms with Crippen LogP contribution in [0.15, 0.2) is 23.1 Å². The number of aliphatic hydroxyl groups excluding tert-OH is 1. The van der Waals surface area contributed by atoms with Gasteiger partial charge in [0.15, 0.2) is 9.84 Å². The van der Waals surface area contributed by atoms with Gasteiger partial charge >= 0.3 is 0 Å². The molecule has 1 aromatic rings. The fraction of sp³-hybridized carbons (Fsp3) is 0.455. The average molecular weight is 288 g/mol. The van der Waals surface area contributed by atoms with E-state index in [0.29, 0.717) is 12.2 Å². The largest absolute Gasteiger partial charge is 0.395 e. The van der Waals surface area contributed by atoms with E-state index in [9.17, 15) is 18.5 Å². The Labute approximate surface area is 111 Å². The molecule has 7 nitrogen and oxygen atoms in total. The van der Waals surface area contributed by atoms with E-state index in [0.717, 1.165) is 12.3 Å². The van der Waals surface area contributed by atoms with Crippen molar-refractivity contribution in [1.82, 2.24) is 0 Å². The lowest BCUT2D eigenvalue weighted by molar-refractivity contribution is -0.384. The van der Waals surface area contributed by atoms with Gasteiger partial charge in [-0.3, -0.25) is 10.1 Å². The Kier molecular flexibility index (Phi) is 4.84. The molecule has 0 amide bonds. The van der Waals surface area contributed by atoms with Gasteiger partial charge in [0.2, 0.25) is 0 Å². The molecule has 0 unspecified atom stereocenters. The van der Waals surface area contributed by atoms with Crippen LogP contribution in [-0.2, 0) is 9.84 Å². The standard InChI is InChI=1S/C11H16N2O5S/c1-3-12(6-7-14)10-5-4-9(19(2,17)18)8-11(10)13(15)16/h4-5,8,14H,3,6-7H2,1-2H3. The van der Waals surface area contributed by atoms with E-state index >= 15 is 0 Å². The number of nitro benzene ring substituents is 1. The zero-order chi connectivity index (χ0) is 14.6. The maximum absolute atomic E-state index is 11.4. The minimum atomic E-state index is -3.49. The molecular formula is C11H16N2O5S. The first-order chi connectivity index (χ1) is 8.81. The smallest absolute Gasteiger partial charge is 0.293 e. The van der Waals surface area contributed by atoms with Gasteiger partial charge in [-0.1, -0.05) is 0 Å². The fourth-order valence-electron chi connectivity index (χ4n) is 1.72. The lowest BCUT2D eigenvalue weighted by atomic mass is 10.2. The van der Waals surface area contributed by atoms with E-state index in [4.69, 9.17) is 5.11 Å². The van der Waals surface area contributed by atoms with Crippen molar-refractivity contribution in [3.8, 4) is 0 Å². The highest BCUT2D eigenvalue weighted by Crippen LogP contribution is 2.30. The van der Waals surface area contributed by atoms with Crippen molar-refractivity contribution in [3.63, 3.8) is 0 Å². The monoisotopic (exact) mass is 288 g/mol. The molecule has 0 radical (unpaired) electrons. The third-order valence-corrected chi connectivity index (χ3v) is 3.77. The Bertz CT molecular complexity index is 570. The molecule has 0 aliphatic carbocycles. The van der Waals surface area contributed by atoms with Crippen molar-refractivity contribution >= 4 is 21.2 Å². The average Bonchev–Trinajstić information content (AvgIpc) is 2.34. The third-order valence-electron chi connectivity index (χ3n) is 2.66. The number of hydrogen-bond donors (Lipinski definition) is 1. The predicted octanol–water partition coefficient (Wildman–Crippen LogP) is 0.817. The molecule has 19 heavy (non-hydrogen) atoms. The first-order valence-electron chi connectivity index (χ1n) is 5.65. The number of hydrogen-bond acceptors (Lipinski definition) is 6. The van der Waals surface area contributed by atoms with Crippen LogP contribution in [0.25, 0.3) is 0 Å². The highest BCUT2D eigenvalue weighted by Gasteiger charge is 2.21. The quantitative estimate of drug-likeness (QED) is 0.614. The predicted molar refractivity (Wildman–Crippen MR) is 71.2 cm³/mol. The topological polar surface area (TPSA) is 101 Å². The van der Waals surface area contributed by atoms with Crippen LogP contribution in [0.1, 0.15) is 6.92 Å². The highest BCUT2D eigenvalue weighted by atomic mass is 32.2. The number of rotatable bonds is 6. The second-order valence-electron chi connectivity index (χ2n) is 3.98. The zero-order valence-corrected chi connectivity index (χ0v) is 11.6. The highest BCUT2D eigenvalue weighted by molar-refractivity contribution is 7.90.